The Labute approximate surface area is 321 Å². The monoisotopic (exact) mass is 784 g/mol. The Morgan fingerprint density at radius 1 is 0.648 bits per heavy atom. The van der Waals surface area contributed by atoms with E-state index in [-0.39, 0.29) is 90.1 Å². The molecule has 54 heavy (non-hydrogen) atoms. The molecule has 320 valence electrons. The second-order valence-corrected chi connectivity index (χ2v) is 16.4. The van der Waals surface area contributed by atoms with Crippen LogP contribution >= 0.6 is 0 Å². The molecule has 0 aromatic heterocycles. The van der Waals surface area contributed by atoms with E-state index in [0.29, 0.717) is 13.2 Å². The normalized spacial score (nSPS) is 38.6. The quantitative estimate of drug-likeness (QED) is 0.0689. The van der Waals surface area contributed by atoms with Crippen LogP contribution in [0.3, 0.4) is 0 Å². The van der Waals surface area contributed by atoms with E-state index in [0.717, 1.165) is 0 Å². The van der Waals surface area contributed by atoms with Gasteiger partial charge in [-0.2, -0.15) is 0 Å². The highest BCUT2D eigenvalue weighted by Crippen LogP contribution is 2.35. The molecular weight excluding hydrogens is 712 g/mol. The van der Waals surface area contributed by atoms with Crippen molar-refractivity contribution in [3.05, 3.63) is 0 Å². The summed E-state index contributed by atoms with van der Waals surface area (Å²) < 4.78 is 53.0. The molecule has 3 heterocycles. The summed E-state index contributed by atoms with van der Waals surface area (Å²) in [5, 5.41) is 76.4. The third-order valence-electron chi connectivity index (χ3n) is 11.1. The summed E-state index contributed by atoms with van der Waals surface area (Å²) in [4.78, 5) is 0. The molecule has 0 aromatic rings. The van der Waals surface area contributed by atoms with Crippen LogP contribution in [0.25, 0.3) is 0 Å². The number of hydrogen-bond donors (Lipinski definition) is 7. The summed E-state index contributed by atoms with van der Waals surface area (Å²) in [7, 11) is 0. The first kappa shape index (κ1) is 47.7. The number of rotatable bonds is 22. The molecule has 0 aliphatic carbocycles. The van der Waals surface area contributed by atoms with Crippen molar-refractivity contribution in [1.29, 1.82) is 0 Å². The van der Waals surface area contributed by atoms with Crippen molar-refractivity contribution in [2.24, 2.45) is 29.1 Å². The van der Waals surface area contributed by atoms with Crippen molar-refractivity contribution < 1.29 is 78.4 Å². The van der Waals surface area contributed by atoms with Crippen LogP contribution in [-0.4, -0.2) is 194 Å². The molecule has 3 rings (SSSR count). The molecule has 3 aliphatic heterocycles. The predicted octanol–water partition coefficient (Wildman–Crippen LogP) is -0.473. The van der Waals surface area contributed by atoms with E-state index in [1.165, 1.54) is 0 Å². The van der Waals surface area contributed by atoms with Crippen molar-refractivity contribution >= 4 is 0 Å². The van der Waals surface area contributed by atoms with Crippen LogP contribution in [0.1, 0.15) is 55.4 Å². The highest BCUT2D eigenvalue weighted by molar-refractivity contribution is 4.99. The van der Waals surface area contributed by atoms with Gasteiger partial charge in [-0.05, 0) is 32.1 Å². The summed E-state index contributed by atoms with van der Waals surface area (Å²) in [5.74, 6) is -1.85. The van der Waals surface area contributed by atoms with Crippen LogP contribution in [0.4, 0.5) is 0 Å². The van der Waals surface area contributed by atoms with Crippen molar-refractivity contribution in [3.8, 4) is 0 Å². The first-order valence-electron chi connectivity index (χ1n) is 19.7. The first-order chi connectivity index (χ1) is 25.5. The number of aliphatic hydroxyl groups excluding tert-OH is 6. The molecule has 16 nitrogen and oxygen atoms in total. The van der Waals surface area contributed by atoms with E-state index >= 15 is 0 Å². The van der Waals surface area contributed by atoms with Crippen molar-refractivity contribution in [3.63, 3.8) is 0 Å². The maximum Gasteiger partial charge on any atom is 0.137 e. The topological polar surface area (TPSA) is 225 Å². The Morgan fingerprint density at radius 3 is 1.72 bits per heavy atom. The number of ether oxygens (including phenoxy) is 9. The highest BCUT2D eigenvalue weighted by Gasteiger charge is 2.51. The van der Waals surface area contributed by atoms with Crippen LogP contribution in [-0.2, 0) is 42.6 Å². The minimum Gasteiger partial charge on any atom is -0.394 e. The van der Waals surface area contributed by atoms with Crippen molar-refractivity contribution in [2.45, 2.75) is 128 Å². The zero-order chi connectivity index (χ0) is 40.2. The molecule has 0 aromatic carbocycles. The zero-order valence-electron chi connectivity index (χ0n) is 33.7. The van der Waals surface area contributed by atoms with Crippen molar-refractivity contribution in [1.82, 2.24) is 0 Å². The second kappa shape index (κ2) is 22.5. The Hall–Kier alpha value is -0.640. The summed E-state index contributed by atoms with van der Waals surface area (Å²) >= 11 is 0. The molecule has 16 heteroatoms. The zero-order valence-corrected chi connectivity index (χ0v) is 33.7. The third-order valence-corrected chi connectivity index (χ3v) is 11.1. The fourth-order valence-corrected chi connectivity index (χ4v) is 7.23. The molecule has 15 unspecified atom stereocenters. The van der Waals surface area contributed by atoms with Gasteiger partial charge in [-0.3, -0.25) is 0 Å². The van der Waals surface area contributed by atoms with Crippen LogP contribution in [0, 0.1) is 29.1 Å². The average Bonchev–Trinajstić information content (AvgIpc) is 3.12. The lowest BCUT2D eigenvalue weighted by Crippen LogP contribution is -2.63. The lowest BCUT2D eigenvalue weighted by atomic mass is 9.79. The van der Waals surface area contributed by atoms with E-state index in [2.05, 4.69) is 0 Å². The molecule has 3 aliphatic rings. The molecule has 3 saturated heterocycles. The number of hydrogen-bond acceptors (Lipinski definition) is 16. The molecule has 0 spiro atoms. The number of aliphatic hydroxyl groups is 7. The minimum atomic E-state index is -1.69. The van der Waals surface area contributed by atoms with Gasteiger partial charge in [-0.25, -0.2) is 0 Å². The maximum atomic E-state index is 11.4. The Morgan fingerprint density at radius 2 is 1.17 bits per heavy atom. The lowest BCUT2D eigenvalue weighted by molar-refractivity contribution is -0.260. The molecule has 3 fully saturated rings. The van der Waals surface area contributed by atoms with Crippen LogP contribution in [0.5, 0.6) is 0 Å². The van der Waals surface area contributed by atoms with E-state index in [1.807, 2.05) is 55.4 Å². The van der Waals surface area contributed by atoms with Gasteiger partial charge in [0.1, 0.15) is 30.0 Å². The Balaban J connectivity index is 1.62. The summed E-state index contributed by atoms with van der Waals surface area (Å²) in [6.45, 7) is 16.0. The maximum absolute atomic E-state index is 11.4. The van der Waals surface area contributed by atoms with E-state index in [9.17, 15) is 30.6 Å². The molecule has 15 atom stereocenters. The van der Waals surface area contributed by atoms with Crippen LogP contribution < -0.4 is 0 Å². The summed E-state index contributed by atoms with van der Waals surface area (Å²) in [5.41, 5.74) is -1.87. The molecule has 0 radical (unpaired) electrons. The van der Waals surface area contributed by atoms with Crippen LogP contribution in [0.2, 0.25) is 0 Å². The summed E-state index contributed by atoms with van der Waals surface area (Å²) in [6.07, 6.45) is -10.2. The Bertz CT molecular complexity index is 1030. The van der Waals surface area contributed by atoms with Gasteiger partial charge in [0.2, 0.25) is 0 Å². The fourth-order valence-electron chi connectivity index (χ4n) is 7.23. The predicted molar refractivity (Wildman–Crippen MR) is 195 cm³/mol. The van der Waals surface area contributed by atoms with E-state index < -0.39 is 84.4 Å². The summed E-state index contributed by atoms with van der Waals surface area (Å²) in [6, 6.07) is 0. The molecular formula is C38H72O16. The van der Waals surface area contributed by atoms with Gasteiger partial charge in [0.25, 0.3) is 0 Å². The minimum absolute atomic E-state index is 0.0192. The third kappa shape index (κ3) is 12.9. The molecule has 7 N–H and O–H groups in total. The van der Waals surface area contributed by atoms with Crippen molar-refractivity contribution in [2.75, 3.05) is 85.9 Å². The van der Waals surface area contributed by atoms with Crippen LogP contribution in [0.15, 0.2) is 0 Å². The SMILES string of the molecule is CCOCC1OC(COCC2C(COCC)OCC(O)(COC(C)C(C)(C)C)C2O)C(O)C(O)C1COCC1OC(COCCO)C(C(C)C)C(O)C1O. The van der Waals surface area contributed by atoms with Gasteiger partial charge in [-0.15, -0.1) is 0 Å². The second-order valence-electron chi connectivity index (χ2n) is 16.4. The van der Waals surface area contributed by atoms with Gasteiger partial charge < -0.3 is 78.4 Å². The molecule has 0 saturated carbocycles. The fraction of sp³-hybridized carbons (Fsp3) is 1.00. The molecule has 0 amide bonds. The Kier molecular flexibility index (Phi) is 19.9. The van der Waals surface area contributed by atoms with E-state index in [4.69, 9.17) is 47.7 Å². The van der Waals surface area contributed by atoms with Gasteiger partial charge in [0, 0.05) is 31.0 Å². The smallest absolute Gasteiger partial charge is 0.137 e. The van der Waals surface area contributed by atoms with Gasteiger partial charge in [0.15, 0.2) is 0 Å². The van der Waals surface area contributed by atoms with Gasteiger partial charge in [0.05, 0.1) is 115 Å². The standard InChI is InChI=1S/C38H72O16/c1-9-46-15-26-25(36(44)38(45,21-52-26)20-51-23(5)37(6,7)8)14-50-18-29-33(41)32(40)24(27(53-29)16-47-10-2)13-49-19-30-34(42)35(43)31(22(3)4)28(54-30)17-48-12-11-39/h22-36,39-45H,9-21H2,1-8H3. The average molecular weight is 785 g/mol. The van der Waals surface area contributed by atoms with Gasteiger partial charge in [-0.1, -0.05) is 34.6 Å². The largest absolute Gasteiger partial charge is 0.394 e. The lowest BCUT2D eigenvalue weighted by Gasteiger charge is -2.46. The first-order valence-corrected chi connectivity index (χ1v) is 19.7. The van der Waals surface area contributed by atoms with E-state index in [1.54, 1.807) is 0 Å². The highest BCUT2D eigenvalue weighted by atomic mass is 16.6. The molecule has 0 bridgehead atoms. The van der Waals surface area contributed by atoms with Gasteiger partial charge >= 0.3 is 0 Å².